The third kappa shape index (κ3) is 3.22. The molecule has 0 amide bonds. The average Bonchev–Trinajstić information content (AvgIpc) is 2.13. The highest BCUT2D eigenvalue weighted by molar-refractivity contribution is 9.11. The molecule has 78 valence electrons. The number of aliphatic hydroxyl groups excluding tert-OH is 1. The fourth-order valence-corrected chi connectivity index (χ4v) is 2.38. The van der Waals surface area contributed by atoms with Gasteiger partial charge in [-0.25, -0.2) is 0 Å². The highest BCUT2D eigenvalue weighted by Crippen LogP contribution is 2.12. The van der Waals surface area contributed by atoms with Crippen molar-refractivity contribution in [1.82, 2.24) is 4.57 Å². The van der Waals surface area contributed by atoms with Crippen LogP contribution in [0.4, 0.5) is 0 Å². The van der Waals surface area contributed by atoms with Gasteiger partial charge < -0.3 is 9.67 Å². The maximum Gasteiger partial charge on any atom is 0.264 e. The zero-order valence-electron chi connectivity index (χ0n) is 7.54. The maximum absolute atomic E-state index is 11.5. The van der Waals surface area contributed by atoms with Crippen LogP contribution in [0.25, 0.3) is 0 Å². The lowest BCUT2D eigenvalue weighted by molar-refractivity contribution is 0.281. The summed E-state index contributed by atoms with van der Waals surface area (Å²) >= 11 is 6.51. The van der Waals surface area contributed by atoms with E-state index in [1.807, 2.05) is 0 Å². The summed E-state index contributed by atoms with van der Waals surface area (Å²) in [6.45, 7) is 0.807. The number of rotatable bonds is 4. The van der Waals surface area contributed by atoms with Crippen LogP contribution in [0, 0.1) is 0 Å². The van der Waals surface area contributed by atoms with E-state index in [9.17, 15) is 4.79 Å². The number of aryl methyl sites for hydroxylation is 1. The molecule has 0 aliphatic carbocycles. The van der Waals surface area contributed by atoms with Gasteiger partial charge in [0.25, 0.3) is 5.56 Å². The molecule has 1 aromatic heterocycles. The Labute approximate surface area is 99.0 Å². The number of halogens is 2. The van der Waals surface area contributed by atoms with E-state index in [0.717, 1.165) is 17.3 Å². The normalized spacial score (nSPS) is 10.5. The van der Waals surface area contributed by atoms with E-state index in [1.54, 1.807) is 16.8 Å². The number of aliphatic hydroxyl groups is 1. The van der Waals surface area contributed by atoms with Gasteiger partial charge in [-0.05, 0) is 50.8 Å². The minimum absolute atomic E-state index is 0.0360. The van der Waals surface area contributed by atoms with Crippen LogP contribution in [0.1, 0.15) is 12.8 Å². The summed E-state index contributed by atoms with van der Waals surface area (Å²) in [6.07, 6.45) is 3.28. The fraction of sp³-hybridized carbons (Fsp3) is 0.444. The van der Waals surface area contributed by atoms with E-state index in [0.29, 0.717) is 11.0 Å². The van der Waals surface area contributed by atoms with Gasteiger partial charge in [0.05, 0.1) is 4.47 Å². The average molecular weight is 325 g/mol. The van der Waals surface area contributed by atoms with Crippen molar-refractivity contribution in [3.05, 3.63) is 31.6 Å². The molecule has 0 radical (unpaired) electrons. The van der Waals surface area contributed by atoms with E-state index in [-0.39, 0.29) is 12.2 Å². The lowest BCUT2D eigenvalue weighted by Crippen LogP contribution is -2.20. The second-order valence-corrected chi connectivity index (χ2v) is 4.71. The van der Waals surface area contributed by atoms with Gasteiger partial charge in [0.1, 0.15) is 0 Å². The van der Waals surface area contributed by atoms with Crippen LogP contribution in [-0.4, -0.2) is 16.3 Å². The molecule has 0 unspecified atom stereocenters. The lowest BCUT2D eigenvalue weighted by Gasteiger charge is -2.05. The molecule has 1 N–H and O–H groups in total. The Morgan fingerprint density at radius 2 is 2.07 bits per heavy atom. The number of unbranched alkanes of at least 4 members (excludes halogenated alkanes) is 1. The van der Waals surface area contributed by atoms with Gasteiger partial charge in [0.15, 0.2) is 0 Å². The molecule has 0 spiro atoms. The first-order valence-electron chi connectivity index (χ1n) is 4.31. The number of nitrogens with zero attached hydrogens (tertiary/aromatic N) is 1. The van der Waals surface area contributed by atoms with Gasteiger partial charge in [-0.1, -0.05) is 0 Å². The van der Waals surface area contributed by atoms with Crippen molar-refractivity contribution in [2.24, 2.45) is 0 Å². The zero-order chi connectivity index (χ0) is 10.6. The Kier molecular flexibility index (Phi) is 4.84. The van der Waals surface area contributed by atoms with Crippen LogP contribution in [0.5, 0.6) is 0 Å². The predicted molar refractivity (Wildman–Crippen MR) is 62.4 cm³/mol. The second-order valence-electron chi connectivity index (χ2n) is 2.94. The lowest BCUT2D eigenvalue weighted by atomic mass is 10.3. The summed E-state index contributed by atoms with van der Waals surface area (Å²) in [7, 11) is 0. The summed E-state index contributed by atoms with van der Waals surface area (Å²) in [5, 5.41) is 8.62. The molecule has 0 aliphatic rings. The highest BCUT2D eigenvalue weighted by atomic mass is 79.9. The first-order chi connectivity index (χ1) is 6.65. The van der Waals surface area contributed by atoms with E-state index in [1.165, 1.54) is 0 Å². The standard InChI is InChI=1S/C9H11Br2NO2/c10-7-5-8(11)9(14)12(6-7)3-1-2-4-13/h5-6,13H,1-4H2. The molecule has 3 nitrogen and oxygen atoms in total. The van der Waals surface area contributed by atoms with Crippen LogP contribution in [0.15, 0.2) is 26.0 Å². The van der Waals surface area contributed by atoms with Crippen molar-refractivity contribution in [2.45, 2.75) is 19.4 Å². The second kappa shape index (κ2) is 5.68. The Bertz CT molecular complexity index is 362. The molecular weight excluding hydrogens is 314 g/mol. The minimum Gasteiger partial charge on any atom is -0.396 e. The predicted octanol–water partition coefficient (Wildman–Crippen LogP) is 2.15. The number of hydrogen-bond donors (Lipinski definition) is 1. The van der Waals surface area contributed by atoms with Gasteiger partial charge in [-0.15, -0.1) is 0 Å². The van der Waals surface area contributed by atoms with E-state index in [4.69, 9.17) is 5.11 Å². The Morgan fingerprint density at radius 3 is 2.71 bits per heavy atom. The van der Waals surface area contributed by atoms with Crippen LogP contribution in [0.2, 0.25) is 0 Å². The van der Waals surface area contributed by atoms with Crippen molar-refractivity contribution >= 4 is 31.9 Å². The summed E-state index contributed by atoms with van der Waals surface area (Å²) < 4.78 is 3.05. The molecular formula is C9H11Br2NO2. The summed E-state index contributed by atoms with van der Waals surface area (Å²) in [6, 6.07) is 1.73. The molecule has 0 aromatic carbocycles. The smallest absolute Gasteiger partial charge is 0.264 e. The molecule has 1 heterocycles. The molecule has 0 aliphatic heterocycles. The maximum atomic E-state index is 11.5. The fourth-order valence-electron chi connectivity index (χ4n) is 1.12. The molecule has 5 heteroatoms. The molecule has 0 saturated carbocycles. The van der Waals surface area contributed by atoms with Crippen LogP contribution < -0.4 is 5.56 Å². The Balaban J connectivity index is 2.81. The first-order valence-corrected chi connectivity index (χ1v) is 5.90. The largest absolute Gasteiger partial charge is 0.396 e. The summed E-state index contributed by atoms with van der Waals surface area (Å²) in [5.74, 6) is 0. The summed E-state index contributed by atoms with van der Waals surface area (Å²) in [5.41, 5.74) is -0.0360. The number of hydrogen-bond acceptors (Lipinski definition) is 2. The molecule has 0 fully saturated rings. The SMILES string of the molecule is O=c1c(Br)cc(Br)cn1CCCCO. The topological polar surface area (TPSA) is 42.2 Å². The third-order valence-electron chi connectivity index (χ3n) is 1.82. The number of aromatic nitrogens is 1. The van der Waals surface area contributed by atoms with Crippen molar-refractivity contribution in [2.75, 3.05) is 6.61 Å². The summed E-state index contributed by atoms with van der Waals surface area (Å²) in [4.78, 5) is 11.5. The van der Waals surface area contributed by atoms with Gasteiger partial charge >= 0.3 is 0 Å². The Morgan fingerprint density at radius 1 is 1.36 bits per heavy atom. The van der Waals surface area contributed by atoms with Crippen LogP contribution in [0.3, 0.4) is 0 Å². The van der Waals surface area contributed by atoms with Gasteiger partial charge in [-0.2, -0.15) is 0 Å². The molecule has 0 saturated heterocycles. The van der Waals surface area contributed by atoms with Crippen LogP contribution in [-0.2, 0) is 6.54 Å². The zero-order valence-corrected chi connectivity index (χ0v) is 10.7. The monoisotopic (exact) mass is 323 g/mol. The molecule has 1 rings (SSSR count). The highest BCUT2D eigenvalue weighted by Gasteiger charge is 2.02. The molecule has 0 bridgehead atoms. The van der Waals surface area contributed by atoms with Gasteiger partial charge in [-0.3, -0.25) is 4.79 Å². The number of pyridine rings is 1. The van der Waals surface area contributed by atoms with Crippen LogP contribution >= 0.6 is 31.9 Å². The van der Waals surface area contributed by atoms with Gasteiger partial charge in [0.2, 0.25) is 0 Å². The van der Waals surface area contributed by atoms with E-state index in [2.05, 4.69) is 31.9 Å². The third-order valence-corrected chi connectivity index (χ3v) is 2.82. The van der Waals surface area contributed by atoms with E-state index < -0.39 is 0 Å². The Hall–Kier alpha value is -0.130. The minimum atomic E-state index is -0.0360. The molecule has 0 atom stereocenters. The molecule has 1 aromatic rings. The quantitative estimate of drug-likeness (QED) is 0.862. The molecule has 14 heavy (non-hydrogen) atoms. The van der Waals surface area contributed by atoms with Crippen molar-refractivity contribution in [3.63, 3.8) is 0 Å². The van der Waals surface area contributed by atoms with Gasteiger partial charge in [0, 0.05) is 23.8 Å². The first kappa shape index (κ1) is 11.9. The van der Waals surface area contributed by atoms with Crippen molar-refractivity contribution < 1.29 is 5.11 Å². The van der Waals surface area contributed by atoms with Crippen molar-refractivity contribution in [3.8, 4) is 0 Å². The van der Waals surface area contributed by atoms with E-state index >= 15 is 0 Å². The van der Waals surface area contributed by atoms with Crippen molar-refractivity contribution in [1.29, 1.82) is 0 Å².